The zero-order valence-corrected chi connectivity index (χ0v) is 52.6. The van der Waals surface area contributed by atoms with Crippen LogP contribution in [-0.2, 0) is 76.7 Å². The molecule has 0 aromatic heterocycles. The highest BCUT2D eigenvalue weighted by molar-refractivity contribution is 6.01. The number of unbranched alkanes of at least 4 members (excludes halogenated alkanes) is 3. The molecule has 3 aliphatic heterocycles. The number of nitrogens with one attached hydrogen (secondary N) is 10. The predicted molar refractivity (Wildman–Crippen MR) is 321 cm³/mol. The van der Waals surface area contributed by atoms with Gasteiger partial charge in [0.25, 0.3) is 0 Å². The first-order valence-corrected chi connectivity index (χ1v) is 30.7. The Labute approximate surface area is 526 Å². The van der Waals surface area contributed by atoms with Crippen LogP contribution in [0.1, 0.15) is 145 Å². The van der Waals surface area contributed by atoms with E-state index in [0.717, 1.165) is 43.9 Å². The molecule has 13 atom stereocenters. The quantitative estimate of drug-likeness (QED) is 0.0363. The van der Waals surface area contributed by atoms with Gasteiger partial charge in [-0.1, -0.05) is 65.5 Å². The highest BCUT2D eigenvalue weighted by Crippen LogP contribution is 2.24. The standard InChI is InChI=1S/C58H92N14O19/c1-8-30(4)18-13-11-9-10-12-14-21-40(74)64-34(24-39(60)73)51(83)70-48-33(7)63-52(84)38-20-17-23-72(38)56(88)45(29(2)3)68-55(87)47(32(6)59)67-42(76)28-62-49(81)35(25-43(77)78)65-41(75)27-61-50(82)36(26-44(79)80)66-54(86)46(31(5)58(90)91)69-53(85)37-19-15-16-22-71(37)57(48)89/h12,14,29-38,45-48H,8-11,13,15-28,59H2,1-7H3,(H2,60,73)(H,61,82)(H,62,81)(H,63,84)(H,64,74)(H,65,75)(H,66,86)(H,67,76)(H,68,87)(H,69,85)(H,70,83)(H,77,78)(H,79,80)(H,90,91)/b14-12+/t30-,31-,32-,33+,34+,35+,36-,37-,38+,45-,46-,47+,48-/m0/s1. The van der Waals surface area contributed by atoms with Gasteiger partial charge in [-0.15, -0.1) is 0 Å². The molecule has 0 aromatic carbocycles. The Bertz CT molecular complexity index is 2710. The number of allylic oxidation sites excluding steroid dienone is 1. The van der Waals surface area contributed by atoms with Crippen molar-refractivity contribution in [2.45, 2.75) is 211 Å². The monoisotopic (exact) mass is 1290 g/mol. The van der Waals surface area contributed by atoms with Gasteiger partial charge in [0.05, 0.1) is 44.3 Å². The Hall–Kier alpha value is -8.78. The van der Waals surface area contributed by atoms with Crippen LogP contribution in [0.3, 0.4) is 0 Å². The maximum absolute atomic E-state index is 15.2. The first-order valence-electron chi connectivity index (χ1n) is 30.7. The van der Waals surface area contributed by atoms with Crippen molar-refractivity contribution in [2.75, 3.05) is 26.2 Å². The van der Waals surface area contributed by atoms with Gasteiger partial charge in [-0.25, -0.2) is 0 Å². The number of fused-ring (bicyclic) bond motifs is 2. The van der Waals surface area contributed by atoms with Crippen molar-refractivity contribution in [1.29, 1.82) is 0 Å². The number of carbonyl (C=O) groups is 16. The van der Waals surface area contributed by atoms with Crippen LogP contribution >= 0.6 is 0 Å². The van der Waals surface area contributed by atoms with E-state index in [1.165, 1.54) is 18.7 Å². The fourth-order valence-electron chi connectivity index (χ4n) is 10.4. The van der Waals surface area contributed by atoms with E-state index in [1.54, 1.807) is 26.0 Å². The number of hydrogen-bond acceptors (Lipinski definition) is 17. The lowest BCUT2D eigenvalue weighted by Crippen LogP contribution is -2.66. The van der Waals surface area contributed by atoms with Gasteiger partial charge in [0.2, 0.25) is 76.8 Å². The number of hydrogen-bond donors (Lipinski definition) is 15. The van der Waals surface area contributed by atoms with E-state index in [4.69, 9.17) is 11.5 Å². The summed E-state index contributed by atoms with van der Waals surface area (Å²) in [4.78, 5) is 219. The Morgan fingerprint density at radius 3 is 1.73 bits per heavy atom. The third-order valence-corrected chi connectivity index (χ3v) is 15.9. The number of carbonyl (C=O) groups excluding carboxylic acids is 13. The van der Waals surface area contributed by atoms with Crippen molar-refractivity contribution in [3.05, 3.63) is 12.2 Å². The maximum atomic E-state index is 15.2. The summed E-state index contributed by atoms with van der Waals surface area (Å²) >= 11 is 0. The zero-order chi connectivity index (χ0) is 68.4. The van der Waals surface area contributed by atoms with E-state index >= 15 is 4.79 Å². The van der Waals surface area contributed by atoms with E-state index < -0.39 is 205 Å². The number of rotatable bonds is 22. The summed E-state index contributed by atoms with van der Waals surface area (Å²) < 4.78 is 0. The van der Waals surface area contributed by atoms with E-state index in [1.807, 2.05) is 10.6 Å². The van der Waals surface area contributed by atoms with E-state index in [9.17, 15) is 87.2 Å². The second-order valence-electron chi connectivity index (χ2n) is 23.7. The SMILES string of the molecule is CC[C@H](C)CCCCC/C=C/CC(=O)N[C@H](CC(N)=O)C(=O)N[C@@H]1C(=O)N2CCCC[C@H]2C(=O)N[C@@H]([C@H](C)C(=O)O)C(=O)N[C@@H](CC(=O)O)C(=O)NCC(=O)N[C@H](CC(=O)O)C(=O)NCC(=O)N[C@H]([C@H](C)N)C(=O)N[C@@H](C(C)C)C(=O)N2CCC[C@@H]2C(=O)N[C@@H]1C. The lowest BCUT2D eigenvalue weighted by molar-refractivity contribution is -0.149. The molecule has 0 saturated carbocycles. The lowest BCUT2D eigenvalue weighted by atomic mass is 9.96. The molecule has 3 heterocycles. The minimum absolute atomic E-state index is 0.0286. The van der Waals surface area contributed by atoms with Crippen LogP contribution in [0.25, 0.3) is 0 Å². The molecule has 0 radical (unpaired) electrons. The Balaban J connectivity index is 2.17. The number of carboxylic acid groups (broad SMARTS) is 3. The third-order valence-electron chi connectivity index (χ3n) is 15.9. The molecule has 0 aliphatic carbocycles. The summed E-state index contributed by atoms with van der Waals surface area (Å²) in [6.45, 7) is 8.77. The minimum Gasteiger partial charge on any atom is -0.481 e. The number of aliphatic carboxylic acids is 3. The van der Waals surface area contributed by atoms with Gasteiger partial charge in [-0.3, -0.25) is 76.7 Å². The summed E-state index contributed by atoms with van der Waals surface area (Å²) in [5, 5.41) is 52.5. The van der Waals surface area contributed by atoms with Crippen molar-refractivity contribution < 1.29 is 92.0 Å². The summed E-state index contributed by atoms with van der Waals surface area (Å²) in [6.07, 6.45) is 6.44. The molecule has 3 aliphatic rings. The average molecular weight is 1290 g/mol. The molecule has 33 nitrogen and oxygen atoms in total. The van der Waals surface area contributed by atoms with Crippen LogP contribution in [0.4, 0.5) is 0 Å². The molecule has 508 valence electrons. The van der Waals surface area contributed by atoms with Gasteiger partial charge >= 0.3 is 17.9 Å². The third kappa shape index (κ3) is 24.8. The maximum Gasteiger partial charge on any atom is 0.308 e. The van der Waals surface area contributed by atoms with Crippen LogP contribution in [-0.4, -0.2) is 212 Å². The van der Waals surface area contributed by atoms with Crippen molar-refractivity contribution in [1.82, 2.24) is 63.0 Å². The normalized spacial score (nSPS) is 25.6. The van der Waals surface area contributed by atoms with Crippen LogP contribution in [0.15, 0.2) is 12.2 Å². The van der Waals surface area contributed by atoms with Crippen molar-refractivity contribution in [3.63, 3.8) is 0 Å². The molecule has 91 heavy (non-hydrogen) atoms. The Morgan fingerprint density at radius 2 is 1.16 bits per heavy atom. The smallest absolute Gasteiger partial charge is 0.308 e. The zero-order valence-electron chi connectivity index (χ0n) is 52.6. The van der Waals surface area contributed by atoms with Crippen LogP contribution < -0.4 is 64.6 Å². The molecule has 3 saturated heterocycles. The molecular weight excluding hydrogens is 1200 g/mol. The molecule has 3 rings (SSSR count). The summed E-state index contributed by atoms with van der Waals surface area (Å²) in [7, 11) is 0. The molecule has 17 N–H and O–H groups in total. The molecule has 0 aromatic rings. The van der Waals surface area contributed by atoms with E-state index in [2.05, 4.69) is 56.4 Å². The van der Waals surface area contributed by atoms with Crippen LogP contribution in [0.2, 0.25) is 0 Å². The fraction of sp³-hybridized carbons (Fsp3) is 0.690. The summed E-state index contributed by atoms with van der Waals surface area (Å²) in [6, 6.07) is -18.3. The van der Waals surface area contributed by atoms with Gasteiger partial charge in [-0.05, 0) is 77.6 Å². The molecule has 3 fully saturated rings. The predicted octanol–water partition coefficient (Wildman–Crippen LogP) is -4.01. The lowest BCUT2D eigenvalue weighted by Gasteiger charge is -2.39. The first-order chi connectivity index (χ1) is 42.8. The molecule has 13 amide bonds. The van der Waals surface area contributed by atoms with Gasteiger partial charge in [0.1, 0.15) is 54.4 Å². The average Bonchev–Trinajstić information content (AvgIpc) is 1.82. The number of primary amides is 1. The topological polar surface area (TPSA) is 513 Å². The number of amides is 13. The molecule has 33 heteroatoms. The highest BCUT2D eigenvalue weighted by atomic mass is 16.4. The molecular formula is C58H92N14O19. The molecule has 0 spiro atoms. The van der Waals surface area contributed by atoms with E-state index in [0.29, 0.717) is 12.3 Å². The van der Waals surface area contributed by atoms with Crippen LogP contribution in [0.5, 0.6) is 0 Å². The van der Waals surface area contributed by atoms with Crippen molar-refractivity contribution >= 4 is 94.7 Å². The van der Waals surface area contributed by atoms with Crippen molar-refractivity contribution in [2.24, 2.45) is 29.2 Å². The van der Waals surface area contributed by atoms with Gasteiger partial charge in [0, 0.05) is 25.6 Å². The number of carboxylic acids is 3. The minimum atomic E-state index is -2.13. The second-order valence-corrected chi connectivity index (χ2v) is 23.7. The summed E-state index contributed by atoms with van der Waals surface area (Å²) in [5.41, 5.74) is 11.7. The summed E-state index contributed by atoms with van der Waals surface area (Å²) in [5.74, 6) is -21.1. The first kappa shape index (κ1) is 76.5. The fourth-order valence-corrected chi connectivity index (χ4v) is 10.4. The van der Waals surface area contributed by atoms with Crippen LogP contribution in [0, 0.1) is 17.8 Å². The van der Waals surface area contributed by atoms with Gasteiger partial charge in [-0.2, -0.15) is 0 Å². The van der Waals surface area contributed by atoms with E-state index in [-0.39, 0.29) is 51.6 Å². The highest BCUT2D eigenvalue weighted by Gasteiger charge is 2.45. The number of piperidine rings is 1. The Kier molecular flexibility index (Phi) is 31.4. The Morgan fingerprint density at radius 1 is 0.626 bits per heavy atom. The van der Waals surface area contributed by atoms with Crippen molar-refractivity contribution in [3.8, 4) is 0 Å². The number of nitrogens with zero attached hydrogens (tertiary/aromatic N) is 2. The molecule has 0 bridgehead atoms. The second kappa shape index (κ2) is 37.4. The largest absolute Gasteiger partial charge is 0.481 e. The van der Waals surface area contributed by atoms with Gasteiger partial charge in [0.15, 0.2) is 0 Å². The van der Waals surface area contributed by atoms with Gasteiger partial charge < -0.3 is 89.8 Å². The number of nitrogens with two attached hydrogens (primary N) is 2. The molecule has 0 unspecified atom stereocenters.